The molecule has 0 fully saturated rings. The fraction of sp³-hybridized carbons (Fsp3) is 0. The van der Waals surface area contributed by atoms with Gasteiger partial charge in [0.15, 0.2) is 0 Å². The molecule has 0 aliphatic heterocycles. The number of benzene rings is 2. The summed E-state index contributed by atoms with van der Waals surface area (Å²) in [6.45, 7) is 0. The zero-order valence-corrected chi connectivity index (χ0v) is 9.28. The Morgan fingerprint density at radius 1 is 1.00 bits per heavy atom. The Labute approximate surface area is 102 Å². The lowest BCUT2D eigenvalue weighted by molar-refractivity contribution is 0.616. The molecule has 0 amide bonds. The summed E-state index contributed by atoms with van der Waals surface area (Å²) in [5.74, 6) is -0.422. The Hall–Kier alpha value is -2.36. The monoisotopic (exact) mass is 245 g/mol. The first-order chi connectivity index (χ1) is 8.65. The summed E-state index contributed by atoms with van der Waals surface area (Å²) in [6.07, 6.45) is 0. The van der Waals surface area contributed by atoms with E-state index in [4.69, 9.17) is 10.2 Å². The molecule has 0 spiro atoms. The van der Waals surface area contributed by atoms with Crippen LogP contribution < -0.4 is 5.73 Å². The van der Waals surface area contributed by atoms with E-state index >= 15 is 0 Å². The second-order valence-corrected chi connectivity index (χ2v) is 3.99. The molecule has 1 aromatic heterocycles. The molecule has 0 radical (unpaired) electrons. The highest BCUT2D eigenvalue weighted by atomic mass is 19.1. The van der Waals surface area contributed by atoms with Crippen molar-refractivity contribution < 1.29 is 13.2 Å². The van der Waals surface area contributed by atoms with Crippen LogP contribution in [0.5, 0.6) is 0 Å². The summed E-state index contributed by atoms with van der Waals surface area (Å²) >= 11 is 0. The lowest BCUT2D eigenvalue weighted by Gasteiger charge is -2.02. The first-order valence-corrected chi connectivity index (χ1v) is 5.38. The molecule has 90 valence electrons. The maximum Gasteiger partial charge on any atom is 0.146 e. The lowest BCUT2D eigenvalue weighted by Crippen LogP contribution is -1.92. The van der Waals surface area contributed by atoms with Crippen LogP contribution in [0.15, 0.2) is 46.9 Å². The number of para-hydroxylation sites is 1. The van der Waals surface area contributed by atoms with Crippen LogP contribution in [0.25, 0.3) is 22.3 Å². The van der Waals surface area contributed by atoms with Crippen LogP contribution in [0.4, 0.5) is 14.5 Å². The molecule has 0 atom stereocenters. The van der Waals surface area contributed by atoms with Gasteiger partial charge in [-0.3, -0.25) is 0 Å². The van der Waals surface area contributed by atoms with Crippen LogP contribution in [0.2, 0.25) is 0 Å². The normalized spacial score (nSPS) is 11.0. The number of halogens is 2. The predicted octanol–water partition coefficient (Wildman–Crippen LogP) is 3.96. The van der Waals surface area contributed by atoms with Gasteiger partial charge in [-0.2, -0.15) is 0 Å². The van der Waals surface area contributed by atoms with Gasteiger partial charge in [-0.15, -0.1) is 0 Å². The maximum absolute atomic E-state index is 13.4. The van der Waals surface area contributed by atoms with Crippen molar-refractivity contribution in [2.75, 3.05) is 5.73 Å². The second-order valence-electron chi connectivity index (χ2n) is 3.99. The van der Waals surface area contributed by atoms with Crippen molar-refractivity contribution >= 4 is 16.7 Å². The zero-order chi connectivity index (χ0) is 12.7. The fourth-order valence-corrected chi connectivity index (χ4v) is 1.90. The van der Waals surface area contributed by atoms with Crippen molar-refractivity contribution in [3.05, 3.63) is 54.1 Å². The minimum Gasteiger partial charge on any atom is -0.456 e. The maximum atomic E-state index is 13.4. The molecule has 3 aromatic rings. The molecular formula is C14H9F2NO. The Morgan fingerprint density at radius 2 is 1.83 bits per heavy atom. The quantitative estimate of drug-likeness (QED) is 0.659. The third-order valence-corrected chi connectivity index (χ3v) is 2.80. The zero-order valence-electron chi connectivity index (χ0n) is 9.28. The van der Waals surface area contributed by atoms with E-state index in [0.29, 0.717) is 22.3 Å². The van der Waals surface area contributed by atoms with Crippen LogP contribution in [-0.2, 0) is 0 Å². The standard InChI is InChI=1S/C14H9F2NO/c15-9-4-5-12-8(6-9)7-13(18-12)10-2-1-3-11(16)14(10)17/h1-7H,17H2. The highest BCUT2D eigenvalue weighted by Crippen LogP contribution is 2.32. The Kier molecular flexibility index (Phi) is 2.30. The number of nitrogens with two attached hydrogens (primary N) is 1. The summed E-state index contributed by atoms with van der Waals surface area (Å²) < 4.78 is 32.0. The molecule has 1 heterocycles. The topological polar surface area (TPSA) is 39.2 Å². The first kappa shape index (κ1) is 10.8. The van der Waals surface area contributed by atoms with E-state index in [0.717, 1.165) is 0 Å². The Morgan fingerprint density at radius 3 is 2.67 bits per heavy atom. The van der Waals surface area contributed by atoms with Gasteiger partial charge < -0.3 is 10.2 Å². The molecule has 4 heteroatoms. The van der Waals surface area contributed by atoms with Crippen molar-refractivity contribution in [3.63, 3.8) is 0 Å². The van der Waals surface area contributed by atoms with Gasteiger partial charge >= 0.3 is 0 Å². The van der Waals surface area contributed by atoms with Crippen LogP contribution in [-0.4, -0.2) is 0 Å². The molecule has 0 saturated heterocycles. The highest BCUT2D eigenvalue weighted by Gasteiger charge is 2.11. The van der Waals surface area contributed by atoms with Crippen molar-refractivity contribution in [2.45, 2.75) is 0 Å². The number of nitrogen functional groups attached to an aromatic ring is 1. The van der Waals surface area contributed by atoms with Gasteiger partial charge in [0.25, 0.3) is 0 Å². The fourth-order valence-electron chi connectivity index (χ4n) is 1.90. The number of furan rings is 1. The van der Waals surface area contributed by atoms with Gasteiger partial charge in [0.05, 0.1) is 5.69 Å². The van der Waals surface area contributed by atoms with Crippen molar-refractivity contribution in [1.29, 1.82) is 0 Å². The van der Waals surface area contributed by atoms with Gasteiger partial charge in [-0.1, -0.05) is 6.07 Å². The van der Waals surface area contributed by atoms with Crippen LogP contribution in [0.3, 0.4) is 0 Å². The molecule has 0 unspecified atom stereocenters. The van der Waals surface area contributed by atoms with Gasteiger partial charge in [-0.05, 0) is 36.4 Å². The van der Waals surface area contributed by atoms with E-state index in [1.54, 1.807) is 18.2 Å². The van der Waals surface area contributed by atoms with E-state index in [9.17, 15) is 8.78 Å². The van der Waals surface area contributed by atoms with Crippen LogP contribution >= 0.6 is 0 Å². The number of fused-ring (bicyclic) bond motifs is 1. The van der Waals surface area contributed by atoms with Crippen molar-refractivity contribution in [2.24, 2.45) is 0 Å². The summed E-state index contributed by atoms with van der Waals surface area (Å²) in [6, 6.07) is 10.3. The van der Waals surface area contributed by atoms with Crippen LogP contribution in [0, 0.1) is 11.6 Å². The number of anilines is 1. The predicted molar refractivity (Wildman–Crippen MR) is 66.0 cm³/mol. The van der Waals surface area contributed by atoms with Gasteiger partial charge in [0.2, 0.25) is 0 Å². The third-order valence-electron chi connectivity index (χ3n) is 2.80. The molecule has 2 N–H and O–H groups in total. The van der Waals surface area contributed by atoms with Crippen molar-refractivity contribution in [3.8, 4) is 11.3 Å². The van der Waals surface area contributed by atoms with Gasteiger partial charge in [0.1, 0.15) is 23.0 Å². The summed E-state index contributed by atoms with van der Waals surface area (Å²) in [4.78, 5) is 0. The number of hydrogen-bond acceptors (Lipinski definition) is 2. The largest absolute Gasteiger partial charge is 0.456 e. The van der Waals surface area contributed by atoms with Crippen LogP contribution in [0.1, 0.15) is 0 Å². The van der Waals surface area contributed by atoms with E-state index in [1.807, 2.05) is 0 Å². The molecule has 2 nitrogen and oxygen atoms in total. The smallest absolute Gasteiger partial charge is 0.146 e. The van der Waals surface area contributed by atoms with E-state index in [1.165, 1.54) is 24.3 Å². The molecule has 0 aliphatic carbocycles. The second kappa shape index (κ2) is 3.84. The summed E-state index contributed by atoms with van der Waals surface area (Å²) in [7, 11) is 0. The molecule has 0 bridgehead atoms. The molecule has 0 saturated carbocycles. The minimum atomic E-state index is -0.501. The molecule has 2 aromatic carbocycles. The first-order valence-electron chi connectivity index (χ1n) is 5.38. The average Bonchev–Trinajstić information content (AvgIpc) is 2.75. The minimum absolute atomic E-state index is 0.0250. The average molecular weight is 245 g/mol. The Balaban J connectivity index is 2.22. The van der Waals surface area contributed by atoms with Gasteiger partial charge in [-0.25, -0.2) is 8.78 Å². The SMILES string of the molecule is Nc1c(F)cccc1-c1cc2cc(F)ccc2o1. The summed E-state index contributed by atoms with van der Waals surface area (Å²) in [5, 5.41) is 0.619. The van der Waals surface area contributed by atoms with E-state index in [2.05, 4.69) is 0 Å². The number of hydrogen-bond donors (Lipinski definition) is 1. The number of rotatable bonds is 1. The molecule has 3 rings (SSSR count). The van der Waals surface area contributed by atoms with E-state index < -0.39 is 5.82 Å². The molecule has 0 aliphatic rings. The summed E-state index contributed by atoms with van der Waals surface area (Å²) in [5.41, 5.74) is 6.68. The Bertz CT molecular complexity index is 734. The van der Waals surface area contributed by atoms with Crippen molar-refractivity contribution in [1.82, 2.24) is 0 Å². The van der Waals surface area contributed by atoms with Gasteiger partial charge in [0, 0.05) is 10.9 Å². The highest BCUT2D eigenvalue weighted by molar-refractivity contribution is 5.85. The molecule has 18 heavy (non-hydrogen) atoms. The molecular weight excluding hydrogens is 236 g/mol. The lowest BCUT2D eigenvalue weighted by atomic mass is 10.1. The third kappa shape index (κ3) is 1.62. The van der Waals surface area contributed by atoms with E-state index in [-0.39, 0.29) is 11.5 Å².